The molecule has 0 saturated carbocycles. The average molecular weight is 295 g/mol. The summed E-state index contributed by atoms with van der Waals surface area (Å²) in [7, 11) is 1.70. The number of methoxy groups -OCH3 is 1. The summed E-state index contributed by atoms with van der Waals surface area (Å²) < 4.78 is 16.7. The van der Waals surface area contributed by atoms with Crippen molar-refractivity contribution >= 4 is 0 Å². The molecular weight excluding hydrogens is 266 g/mol. The lowest BCUT2D eigenvalue weighted by atomic mass is 10.1. The van der Waals surface area contributed by atoms with Gasteiger partial charge in [0, 0.05) is 12.2 Å². The Balaban J connectivity index is 2.39. The summed E-state index contributed by atoms with van der Waals surface area (Å²) in [5.41, 5.74) is 1.13. The van der Waals surface area contributed by atoms with Gasteiger partial charge in [0.15, 0.2) is 0 Å². The van der Waals surface area contributed by atoms with Crippen LogP contribution in [0.5, 0.6) is 5.75 Å². The van der Waals surface area contributed by atoms with E-state index in [9.17, 15) is 0 Å². The van der Waals surface area contributed by atoms with Crippen molar-refractivity contribution in [2.75, 3.05) is 40.1 Å². The molecule has 0 bridgehead atoms. The maximum Gasteiger partial charge on any atom is 0.123 e. The van der Waals surface area contributed by atoms with Gasteiger partial charge in [-0.15, -0.1) is 0 Å². The minimum absolute atomic E-state index is 0.141. The molecule has 0 aliphatic carbocycles. The molecule has 1 aromatic carbocycles. The molecule has 4 nitrogen and oxygen atoms in total. The lowest BCUT2D eigenvalue weighted by molar-refractivity contribution is 0.0380. The monoisotopic (exact) mass is 295 g/mol. The molecule has 21 heavy (non-hydrogen) atoms. The van der Waals surface area contributed by atoms with Crippen LogP contribution in [0.4, 0.5) is 0 Å². The third-order valence-corrected chi connectivity index (χ3v) is 3.26. The summed E-state index contributed by atoms with van der Waals surface area (Å²) in [4.78, 5) is 0. The molecule has 120 valence electrons. The third-order valence-electron chi connectivity index (χ3n) is 3.26. The van der Waals surface area contributed by atoms with E-state index in [0.29, 0.717) is 19.8 Å². The fourth-order valence-corrected chi connectivity index (χ4v) is 2.13. The second kappa shape index (κ2) is 11.5. The average Bonchev–Trinajstić information content (AvgIpc) is 2.53. The molecular formula is C17H29NO3. The molecule has 0 spiro atoms. The first kappa shape index (κ1) is 18.0. The van der Waals surface area contributed by atoms with Crippen LogP contribution in [-0.4, -0.2) is 40.1 Å². The predicted octanol–water partition coefficient (Wildman–Crippen LogP) is 3.18. The van der Waals surface area contributed by atoms with Crippen LogP contribution in [-0.2, 0) is 9.47 Å². The van der Waals surface area contributed by atoms with Crippen LogP contribution in [0.2, 0.25) is 0 Å². The van der Waals surface area contributed by atoms with E-state index in [-0.39, 0.29) is 6.04 Å². The summed E-state index contributed by atoms with van der Waals surface area (Å²) >= 11 is 0. The van der Waals surface area contributed by atoms with Crippen LogP contribution in [0, 0.1) is 0 Å². The standard InChI is InChI=1S/C17H29NO3/c1-4-6-11-20-12-13-21-14-16(18-5-2)15-9-7-8-10-17(15)19-3/h7-10,16,18H,4-6,11-14H2,1-3H3. The van der Waals surface area contributed by atoms with Crippen LogP contribution in [0.1, 0.15) is 38.3 Å². The topological polar surface area (TPSA) is 39.7 Å². The molecule has 0 amide bonds. The minimum Gasteiger partial charge on any atom is -0.496 e. The second-order valence-electron chi connectivity index (χ2n) is 4.89. The fourth-order valence-electron chi connectivity index (χ4n) is 2.13. The smallest absolute Gasteiger partial charge is 0.123 e. The van der Waals surface area contributed by atoms with Gasteiger partial charge in [0.2, 0.25) is 0 Å². The minimum atomic E-state index is 0.141. The summed E-state index contributed by atoms with van der Waals surface area (Å²) in [5, 5.41) is 3.44. The van der Waals surface area contributed by atoms with Gasteiger partial charge in [0.25, 0.3) is 0 Å². The van der Waals surface area contributed by atoms with Crippen molar-refractivity contribution in [3.63, 3.8) is 0 Å². The number of unbranched alkanes of at least 4 members (excludes halogenated alkanes) is 1. The van der Waals surface area contributed by atoms with Crippen LogP contribution in [0.25, 0.3) is 0 Å². The first-order chi connectivity index (χ1) is 10.3. The number of ether oxygens (including phenoxy) is 3. The Hall–Kier alpha value is -1.10. The molecule has 1 atom stereocenters. The molecule has 4 heteroatoms. The van der Waals surface area contributed by atoms with Gasteiger partial charge < -0.3 is 19.5 Å². The largest absolute Gasteiger partial charge is 0.496 e. The van der Waals surface area contributed by atoms with E-state index in [1.807, 2.05) is 18.2 Å². The zero-order valence-corrected chi connectivity index (χ0v) is 13.6. The Bertz CT molecular complexity index is 371. The van der Waals surface area contributed by atoms with Gasteiger partial charge in [-0.05, 0) is 19.0 Å². The normalized spacial score (nSPS) is 12.3. The number of nitrogens with one attached hydrogen (secondary N) is 1. The molecule has 1 aromatic rings. The number of para-hydroxylation sites is 1. The molecule has 0 radical (unpaired) electrons. The molecule has 1 rings (SSSR count). The molecule has 0 aromatic heterocycles. The predicted molar refractivity (Wildman–Crippen MR) is 86.0 cm³/mol. The highest BCUT2D eigenvalue weighted by molar-refractivity contribution is 5.35. The molecule has 0 saturated heterocycles. The molecule has 0 aliphatic heterocycles. The van der Waals surface area contributed by atoms with Crippen molar-refractivity contribution in [3.8, 4) is 5.75 Å². The quantitative estimate of drug-likeness (QED) is 0.601. The third kappa shape index (κ3) is 6.93. The summed E-state index contributed by atoms with van der Waals surface area (Å²) in [6, 6.07) is 8.20. The van der Waals surface area contributed by atoms with Crippen LogP contribution < -0.4 is 10.1 Å². The number of likely N-dealkylation sites (N-methyl/N-ethyl adjacent to an activating group) is 1. The van der Waals surface area contributed by atoms with Crippen molar-refractivity contribution in [2.45, 2.75) is 32.7 Å². The van der Waals surface area contributed by atoms with E-state index in [1.165, 1.54) is 0 Å². The molecule has 0 aliphatic rings. The van der Waals surface area contributed by atoms with E-state index in [4.69, 9.17) is 14.2 Å². The maximum atomic E-state index is 5.74. The van der Waals surface area contributed by atoms with Crippen molar-refractivity contribution in [3.05, 3.63) is 29.8 Å². The van der Waals surface area contributed by atoms with Crippen molar-refractivity contribution in [1.29, 1.82) is 0 Å². The van der Waals surface area contributed by atoms with Crippen molar-refractivity contribution < 1.29 is 14.2 Å². The van der Waals surface area contributed by atoms with Gasteiger partial charge in [0.1, 0.15) is 5.75 Å². The maximum absolute atomic E-state index is 5.74. The van der Waals surface area contributed by atoms with Gasteiger partial charge in [-0.1, -0.05) is 38.5 Å². The van der Waals surface area contributed by atoms with Crippen molar-refractivity contribution in [2.24, 2.45) is 0 Å². The first-order valence-corrected chi connectivity index (χ1v) is 7.85. The lowest BCUT2D eigenvalue weighted by Crippen LogP contribution is -2.26. The van der Waals surface area contributed by atoms with E-state index < -0.39 is 0 Å². The Labute approximate surface area is 128 Å². The number of hydrogen-bond donors (Lipinski definition) is 1. The van der Waals surface area contributed by atoms with E-state index in [1.54, 1.807) is 7.11 Å². The Morgan fingerprint density at radius 2 is 1.81 bits per heavy atom. The number of rotatable bonds is 12. The summed E-state index contributed by atoms with van der Waals surface area (Å²) in [6.45, 7) is 7.86. The molecule has 1 unspecified atom stereocenters. The van der Waals surface area contributed by atoms with Gasteiger partial charge in [0.05, 0.1) is 33.0 Å². The van der Waals surface area contributed by atoms with E-state index >= 15 is 0 Å². The van der Waals surface area contributed by atoms with Crippen molar-refractivity contribution in [1.82, 2.24) is 5.32 Å². The fraction of sp³-hybridized carbons (Fsp3) is 0.647. The Morgan fingerprint density at radius 1 is 1.05 bits per heavy atom. The van der Waals surface area contributed by atoms with Gasteiger partial charge in [-0.2, -0.15) is 0 Å². The zero-order chi connectivity index (χ0) is 15.3. The van der Waals surface area contributed by atoms with E-state index in [2.05, 4.69) is 25.2 Å². The lowest BCUT2D eigenvalue weighted by Gasteiger charge is -2.20. The number of hydrogen-bond acceptors (Lipinski definition) is 4. The zero-order valence-electron chi connectivity index (χ0n) is 13.6. The van der Waals surface area contributed by atoms with Crippen LogP contribution >= 0.6 is 0 Å². The van der Waals surface area contributed by atoms with Gasteiger partial charge >= 0.3 is 0 Å². The highest BCUT2D eigenvalue weighted by Gasteiger charge is 2.14. The van der Waals surface area contributed by atoms with Gasteiger partial charge in [-0.25, -0.2) is 0 Å². The summed E-state index contributed by atoms with van der Waals surface area (Å²) in [6.07, 6.45) is 2.28. The Morgan fingerprint density at radius 3 is 2.52 bits per heavy atom. The summed E-state index contributed by atoms with van der Waals surface area (Å²) in [5.74, 6) is 0.895. The molecule has 0 heterocycles. The first-order valence-electron chi connectivity index (χ1n) is 7.85. The SMILES string of the molecule is CCCCOCCOCC(NCC)c1ccccc1OC. The second-order valence-corrected chi connectivity index (χ2v) is 4.89. The highest BCUT2D eigenvalue weighted by atomic mass is 16.5. The number of benzene rings is 1. The highest BCUT2D eigenvalue weighted by Crippen LogP contribution is 2.24. The van der Waals surface area contributed by atoms with E-state index in [0.717, 1.165) is 37.3 Å². The molecule has 1 N–H and O–H groups in total. The Kier molecular flexibility index (Phi) is 9.87. The van der Waals surface area contributed by atoms with Crippen LogP contribution in [0.3, 0.4) is 0 Å². The van der Waals surface area contributed by atoms with Gasteiger partial charge in [-0.3, -0.25) is 0 Å². The molecule has 0 fully saturated rings. The van der Waals surface area contributed by atoms with Crippen LogP contribution in [0.15, 0.2) is 24.3 Å².